The average Bonchev–Trinajstić information content (AvgIpc) is 2.89. The van der Waals surface area contributed by atoms with Crippen LogP contribution in [0.1, 0.15) is 24.1 Å². The standard InChI is InChI=1S/C11H18ClN5O/c1-7-8(10(12)16(2)14-7)6-17-5-3-4-9(17)11(13)15-18/h9,18H,3-6H2,1-2H3,(H2,13,15). The second kappa shape index (κ2) is 5.16. The van der Waals surface area contributed by atoms with Gasteiger partial charge < -0.3 is 10.9 Å². The van der Waals surface area contributed by atoms with Gasteiger partial charge in [-0.2, -0.15) is 5.10 Å². The highest BCUT2D eigenvalue weighted by Crippen LogP contribution is 2.25. The largest absolute Gasteiger partial charge is 0.409 e. The second-order valence-electron chi connectivity index (χ2n) is 4.63. The third-order valence-corrected chi connectivity index (χ3v) is 3.92. The average molecular weight is 272 g/mol. The van der Waals surface area contributed by atoms with Crippen molar-refractivity contribution in [1.82, 2.24) is 14.7 Å². The Bertz CT molecular complexity index is 470. The molecule has 1 unspecified atom stereocenters. The molecule has 0 aliphatic carbocycles. The molecule has 2 rings (SSSR count). The van der Waals surface area contributed by atoms with Crippen LogP contribution in [-0.4, -0.2) is 38.3 Å². The number of oxime groups is 1. The minimum atomic E-state index is -0.00864. The highest BCUT2D eigenvalue weighted by atomic mass is 35.5. The summed E-state index contributed by atoms with van der Waals surface area (Å²) in [6.07, 6.45) is 1.95. The van der Waals surface area contributed by atoms with E-state index >= 15 is 0 Å². The van der Waals surface area contributed by atoms with Crippen molar-refractivity contribution in [3.63, 3.8) is 0 Å². The maximum Gasteiger partial charge on any atom is 0.156 e. The van der Waals surface area contributed by atoms with Crippen LogP contribution in [-0.2, 0) is 13.6 Å². The first kappa shape index (κ1) is 13.2. The maximum absolute atomic E-state index is 8.79. The van der Waals surface area contributed by atoms with Gasteiger partial charge in [-0.25, -0.2) is 0 Å². The van der Waals surface area contributed by atoms with Crippen LogP contribution in [0.25, 0.3) is 0 Å². The SMILES string of the molecule is Cc1nn(C)c(Cl)c1CN1CCCC1C(N)=NO. The lowest BCUT2D eigenvalue weighted by Crippen LogP contribution is -2.40. The molecule has 3 N–H and O–H groups in total. The quantitative estimate of drug-likeness (QED) is 0.373. The summed E-state index contributed by atoms with van der Waals surface area (Å²) in [5, 5.41) is 16.8. The molecule has 1 aromatic rings. The van der Waals surface area contributed by atoms with Crippen molar-refractivity contribution in [2.75, 3.05) is 6.54 Å². The highest BCUT2D eigenvalue weighted by Gasteiger charge is 2.29. The lowest BCUT2D eigenvalue weighted by atomic mass is 10.2. The predicted octanol–water partition coefficient (Wildman–Crippen LogP) is 1.09. The molecule has 1 aliphatic rings. The van der Waals surface area contributed by atoms with Gasteiger partial charge in [0.05, 0.1) is 11.7 Å². The summed E-state index contributed by atoms with van der Waals surface area (Å²) in [4.78, 5) is 2.17. The Labute approximate surface area is 111 Å². The Kier molecular flexibility index (Phi) is 3.77. The first-order valence-electron chi connectivity index (χ1n) is 5.94. The minimum absolute atomic E-state index is 0.00864. The van der Waals surface area contributed by atoms with Crippen LogP contribution in [0.2, 0.25) is 5.15 Å². The molecule has 1 aromatic heterocycles. The molecule has 0 aromatic carbocycles. The predicted molar refractivity (Wildman–Crippen MR) is 69.8 cm³/mol. The lowest BCUT2D eigenvalue weighted by Gasteiger charge is -2.23. The first-order chi connectivity index (χ1) is 8.54. The number of amidine groups is 1. The van der Waals surface area contributed by atoms with Gasteiger partial charge in [-0.1, -0.05) is 16.8 Å². The molecule has 1 aliphatic heterocycles. The number of likely N-dealkylation sites (tertiary alicyclic amines) is 1. The number of nitrogens with zero attached hydrogens (tertiary/aromatic N) is 4. The molecular formula is C11H18ClN5O. The Morgan fingerprint density at radius 2 is 2.39 bits per heavy atom. The zero-order valence-electron chi connectivity index (χ0n) is 10.6. The van der Waals surface area contributed by atoms with Crippen molar-refractivity contribution in [1.29, 1.82) is 0 Å². The summed E-state index contributed by atoms with van der Waals surface area (Å²) in [7, 11) is 1.82. The first-order valence-corrected chi connectivity index (χ1v) is 6.31. The molecule has 7 heteroatoms. The van der Waals surface area contributed by atoms with Crippen molar-refractivity contribution in [2.24, 2.45) is 17.9 Å². The number of nitrogens with two attached hydrogens (primary N) is 1. The maximum atomic E-state index is 8.79. The zero-order chi connectivity index (χ0) is 13.3. The third kappa shape index (κ3) is 2.30. The highest BCUT2D eigenvalue weighted by molar-refractivity contribution is 6.30. The Hall–Kier alpha value is -1.27. The van der Waals surface area contributed by atoms with Crippen LogP contribution in [0.3, 0.4) is 0 Å². The van der Waals surface area contributed by atoms with Crippen LogP contribution in [0.4, 0.5) is 0 Å². The fraction of sp³-hybridized carbons (Fsp3) is 0.636. The molecule has 0 radical (unpaired) electrons. The number of aryl methyl sites for hydroxylation is 2. The lowest BCUT2D eigenvalue weighted by molar-refractivity contribution is 0.274. The minimum Gasteiger partial charge on any atom is -0.409 e. The van der Waals surface area contributed by atoms with E-state index < -0.39 is 0 Å². The van der Waals surface area contributed by atoms with Crippen molar-refractivity contribution in [3.05, 3.63) is 16.4 Å². The summed E-state index contributed by atoms with van der Waals surface area (Å²) >= 11 is 6.22. The van der Waals surface area contributed by atoms with Crippen molar-refractivity contribution in [2.45, 2.75) is 32.4 Å². The molecule has 18 heavy (non-hydrogen) atoms. The third-order valence-electron chi connectivity index (χ3n) is 3.45. The normalized spacial score (nSPS) is 21.7. The molecule has 0 saturated carbocycles. The van der Waals surface area contributed by atoms with Gasteiger partial charge in [0, 0.05) is 19.2 Å². The van der Waals surface area contributed by atoms with Crippen LogP contribution in [0.15, 0.2) is 5.16 Å². The van der Waals surface area contributed by atoms with Gasteiger partial charge in [0.15, 0.2) is 5.84 Å². The van der Waals surface area contributed by atoms with Gasteiger partial charge in [-0.3, -0.25) is 9.58 Å². The van der Waals surface area contributed by atoms with E-state index in [1.165, 1.54) is 0 Å². The second-order valence-corrected chi connectivity index (χ2v) is 4.99. The van der Waals surface area contributed by atoms with Crippen LogP contribution in [0, 0.1) is 6.92 Å². The topological polar surface area (TPSA) is 79.7 Å². The number of hydrogen-bond donors (Lipinski definition) is 2. The summed E-state index contributed by atoms with van der Waals surface area (Å²) in [6, 6.07) is -0.00864. The van der Waals surface area contributed by atoms with Crippen LogP contribution < -0.4 is 5.73 Å². The van der Waals surface area contributed by atoms with Gasteiger partial charge in [0.1, 0.15) is 5.15 Å². The van der Waals surface area contributed by atoms with Gasteiger partial charge in [-0.15, -0.1) is 0 Å². The van der Waals surface area contributed by atoms with Gasteiger partial charge in [0.25, 0.3) is 0 Å². The number of aromatic nitrogens is 2. The van der Waals surface area contributed by atoms with Gasteiger partial charge >= 0.3 is 0 Å². The molecule has 0 bridgehead atoms. The molecule has 100 valence electrons. The van der Waals surface area contributed by atoms with Gasteiger partial charge in [0.2, 0.25) is 0 Å². The van der Waals surface area contributed by atoms with Gasteiger partial charge in [-0.05, 0) is 26.3 Å². The zero-order valence-corrected chi connectivity index (χ0v) is 11.4. The van der Waals surface area contributed by atoms with E-state index in [-0.39, 0.29) is 11.9 Å². The molecule has 2 heterocycles. The summed E-state index contributed by atoms with van der Waals surface area (Å²) in [5.74, 6) is 0.269. The summed E-state index contributed by atoms with van der Waals surface area (Å²) in [6.45, 7) is 3.54. The van der Waals surface area contributed by atoms with Crippen molar-refractivity contribution in [3.8, 4) is 0 Å². The number of hydrogen-bond acceptors (Lipinski definition) is 4. The van der Waals surface area contributed by atoms with Crippen molar-refractivity contribution < 1.29 is 5.21 Å². The molecular weight excluding hydrogens is 254 g/mol. The molecule has 1 atom stereocenters. The Morgan fingerprint density at radius 3 is 2.94 bits per heavy atom. The number of halogens is 1. The van der Waals surface area contributed by atoms with E-state index in [1.807, 2.05) is 14.0 Å². The van der Waals surface area contributed by atoms with E-state index in [4.69, 9.17) is 22.5 Å². The van der Waals surface area contributed by atoms with Crippen molar-refractivity contribution >= 4 is 17.4 Å². The van der Waals surface area contributed by atoms with E-state index in [0.717, 1.165) is 30.6 Å². The smallest absolute Gasteiger partial charge is 0.156 e. The fourth-order valence-electron chi connectivity index (χ4n) is 2.47. The summed E-state index contributed by atoms with van der Waals surface area (Å²) in [5.41, 5.74) is 7.64. The molecule has 6 nitrogen and oxygen atoms in total. The van der Waals surface area contributed by atoms with E-state index in [0.29, 0.717) is 11.7 Å². The van der Waals surface area contributed by atoms with E-state index in [2.05, 4.69) is 15.2 Å². The van der Waals surface area contributed by atoms with Crippen LogP contribution >= 0.6 is 11.6 Å². The van der Waals surface area contributed by atoms with E-state index in [9.17, 15) is 0 Å². The Morgan fingerprint density at radius 1 is 1.67 bits per heavy atom. The number of rotatable bonds is 3. The van der Waals surface area contributed by atoms with Crippen LogP contribution in [0.5, 0.6) is 0 Å². The molecule has 0 amide bonds. The molecule has 1 fully saturated rings. The fourth-order valence-corrected chi connectivity index (χ4v) is 2.71. The summed E-state index contributed by atoms with van der Waals surface area (Å²) < 4.78 is 1.67. The monoisotopic (exact) mass is 271 g/mol. The van der Waals surface area contributed by atoms with E-state index in [1.54, 1.807) is 4.68 Å². The molecule has 1 saturated heterocycles. The Balaban J connectivity index is 2.18. The molecule has 0 spiro atoms.